The van der Waals surface area contributed by atoms with Gasteiger partial charge in [-0.05, 0) is 30.3 Å². The summed E-state index contributed by atoms with van der Waals surface area (Å²) in [6, 6.07) is 26.2. The van der Waals surface area contributed by atoms with Crippen LogP contribution in [0.3, 0.4) is 0 Å². The van der Waals surface area contributed by atoms with Gasteiger partial charge >= 0.3 is 0 Å². The fourth-order valence-electron chi connectivity index (χ4n) is 4.71. The summed E-state index contributed by atoms with van der Waals surface area (Å²) < 4.78 is 5.23. The van der Waals surface area contributed by atoms with Gasteiger partial charge in [-0.25, -0.2) is 4.99 Å². The number of piperazine rings is 1. The first-order valence-electron chi connectivity index (χ1n) is 11.6. The number of benzene rings is 3. The highest BCUT2D eigenvalue weighted by atomic mass is 16.5. The van der Waals surface area contributed by atoms with Crippen molar-refractivity contribution < 1.29 is 19.3 Å². The average Bonchev–Trinajstić information content (AvgIpc) is 3.12. The van der Waals surface area contributed by atoms with Gasteiger partial charge in [-0.15, -0.1) is 0 Å². The molecular formula is C27H30N4O2+2. The molecule has 0 bridgehead atoms. The normalized spacial score (nSPS) is 21.3. The largest absolute Gasteiger partial charge is 0.497 e. The Balaban J connectivity index is 1.28. The van der Waals surface area contributed by atoms with Gasteiger partial charge in [0.05, 0.1) is 18.5 Å². The third-order valence-corrected chi connectivity index (χ3v) is 6.55. The maximum atomic E-state index is 13.4. The van der Waals surface area contributed by atoms with E-state index >= 15 is 0 Å². The van der Waals surface area contributed by atoms with Crippen LogP contribution in [-0.2, 0) is 11.3 Å². The zero-order valence-electron chi connectivity index (χ0n) is 19.0. The molecule has 1 saturated heterocycles. The van der Waals surface area contributed by atoms with E-state index < -0.39 is 0 Å². The standard InChI is InChI=1S/C27H28N4O2/c1-33-23-13-11-22(12-14-23)28-26-24-9-5-6-10-25(24)31(27(26)32)20-30-17-15-29(16-18-30)19-21-7-3-2-4-8-21/h2-14H,15-20H2,1H3/p+2. The van der Waals surface area contributed by atoms with Crippen molar-refractivity contribution in [3.63, 3.8) is 0 Å². The van der Waals surface area contributed by atoms with E-state index in [9.17, 15) is 4.79 Å². The number of methoxy groups -OCH3 is 1. The van der Waals surface area contributed by atoms with Crippen molar-refractivity contribution in [2.45, 2.75) is 6.54 Å². The molecule has 5 rings (SSSR count). The van der Waals surface area contributed by atoms with Crippen molar-refractivity contribution in [1.29, 1.82) is 0 Å². The number of quaternary nitrogens is 2. The van der Waals surface area contributed by atoms with E-state index in [0.29, 0.717) is 12.4 Å². The summed E-state index contributed by atoms with van der Waals surface area (Å²) in [6.45, 7) is 6.08. The number of nitrogens with zero attached hydrogens (tertiary/aromatic N) is 2. The maximum Gasteiger partial charge on any atom is 0.281 e. The highest BCUT2D eigenvalue weighted by Gasteiger charge is 2.37. The Hall–Kier alpha value is -3.48. The van der Waals surface area contributed by atoms with Crippen LogP contribution in [0, 0.1) is 0 Å². The minimum Gasteiger partial charge on any atom is -0.497 e. The molecule has 0 radical (unpaired) electrons. The Morgan fingerprint density at radius 2 is 1.52 bits per heavy atom. The molecule has 168 valence electrons. The lowest BCUT2D eigenvalue weighted by Crippen LogP contribution is -3.28. The van der Waals surface area contributed by atoms with Gasteiger partial charge < -0.3 is 14.5 Å². The quantitative estimate of drug-likeness (QED) is 0.601. The molecule has 33 heavy (non-hydrogen) atoms. The van der Waals surface area contributed by atoms with E-state index in [1.807, 2.05) is 53.4 Å². The number of hydrogen-bond donors (Lipinski definition) is 2. The molecule has 0 aliphatic carbocycles. The highest BCUT2D eigenvalue weighted by Crippen LogP contribution is 2.30. The Morgan fingerprint density at radius 3 is 2.24 bits per heavy atom. The molecular weight excluding hydrogens is 412 g/mol. The van der Waals surface area contributed by atoms with Crippen LogP contribution in [0.5, 0.6) is 5.75 Å². The fourth-order valence-corrected chi connectivity index (χ4v) is 4.71. The second-order valence-corrected chi connectivity index (χ2v) is 8.73. The summed E-state index contributed by atoms with van der Waals surface area (Å²) in [5, 5.41) is 0. The lowest BCUT2D eigenvalue weighted by molar-refractivity contribution is -1.02. The number of hydrogen-bond acceptors (Lipinski definition) is 3. The van der Waals surface area contributed by atoms with Gasteiger partial charge in [0.25, 0.3) is 5.91 Å². The number of carbonyl (C=O) groups excluding carboxylic acids is 1. The van der Waals surface area contributed by atoms with Crippen molar-refractivity contribution in [2.75, 3.05) is 44.9 Å². The van der Waals surface area contributed by atoms with Crippen LogP contribution in [0.2, 0.25) is 0 Å². The van der Waals surface area contributed by atoms with Crippen LogP contribution in [0.25, 0.3) is 0 Å². The van der Waals surface area contributed by atoms with Gasteiger partial charge in [0.1, 0.15) is 44.2 Å². The first-order chi connectivity index (χ1) is 16.2. The molecule has 0 aromatic heterocycles. The van der Waals surface area contributed by atoms with E-state index in [0.717, 1.165) is 55.4 Å². The number of rotatable bonds is 6. The number of fused-ring (bicyclic) bond motifs is 1. The number of ether oxygens (including phenoxy) is 1. The molecule has 6 nitrogen and oxygen atoms in total. The average molecular weight is 443 g/mol. The second kappa shape index (κ2) is 9.57. The van der Waals surface area contributed by atoms with Crippen molar-refractivity contribution in [3.8, 4) is 5.75 Å². The fraction of sp³-hybridized carbons (Fsp3) is 0.259. The van der Waals surface area contributed by atoms with Crippen LogP contribution >= 0.6 is 0 Å². The summed E-state index contributed by atoms with van der Waals surface area (Å²) in [6.07, 6.45) is 0. The molecule has 2 N–H and O–H groups in total. The van der Waals surface area contributed by atoms with Crippen molar-refractivity contribution >= 4 is 23.0 Å². The summed E-state index contributed by atoms with van der Waals surface area (Å²) in [5.41, 5.74) is 4.52. The topological polar surface area (TPSA) is 50.8 Å². The number of para-hydroxylation sites is 1. The molecule has 0 atom stereocenters. The van der Waals surface area contributed by atoms with Crippen molar-refractivity contribution in [2.24, 2.45) is 4.99 Å². The Kier molecular flexibility index (Phi) is 6.19. The van der Waals surface area contributed by atoms with Crippen LogP contribution in [0.15, 0.2) is 83.9 Å². The first-order valence-corrected chi connectivity index (χ1v) is 11.6. The maximum absolute atomic E-state index is 13.4. The van der Waals surface area contributed by atoms with Gasteiger partial charge in [-0.1, -0.05) is 48.5 Å². The zero-order chi connectivity index (χ0) is 22.6. The molecule has 1 amide bonds. The smallest absolute Gasteiger partial charge is 0.281 e. The summed E-state index contributed by atoms with van der Waals surface area (Å²) >= 11 is 0. The lowest BCUT2D eigenvalue weighted by atomic mass is 10.1. The Bertz CT molecular complexity index is 1140. The zero-order valence-corrected chi connectivity index (χ0v) is 19.0. The lowest BCUT2D eigenvalue weighted by Gasteiger charge is -2.32. The number of anilines is 1. The predicted molar refractivity (Wildman–Crippen MR) is 130 cm³/mol. The molecule has 2 heterocycles. The molecule has 3 aromatic carbocycles. The molecule has 6 heteroatoms. The number of nitrogens with one attached hydrogen (secondary N) is 2. The van der Waals surface area contributed by atoms with Crippen LogP contribution in [-0.4, -0.2) is 51.6 Å². The predicted octanol–water partition coefficient (Wildman–Crippen LogP) is 1.10. The van der Waals surface area contributed by atoms with Crippen LogP contribution in [0.1, 0.15) is 11.1 Å². The highest BCUT2D eigenvalue weighted by molar-refractivity contribution is 6.54. The molecule has 1 fully saturated rings. The third-order valence-electron chi connectivity index (χ3n) is 6.55. The molecule has 2 aliphatic heterocycles. The molecule has 0 unspecified atom stereocenters. The molecule has 2 aliphatic rings. The van der Waals surface area contributed by atoms with Gasteiger partial charge in [-0.3, -0.25) is 9.69 Å². The number of aliphatic imine (C=N–C) groups is 1. The van der Waals surface area contributed by atoms with Crippen molar-refractivity contribution in [1.82, 2.24) is 0 Å². The second-order valence-electron chi connectivity index (χ2n) is 8.73. The minimum absolute atomic E-state index is 0.0152. The number of amides is 1. The van der Waals surface area contributed by atoms with Crippen molar-refractivity contribution in [3.05, 3.63) is 90.0 Å². The van der Waals surface area contributed by atoms with Gasteiger partial charge in [0, 0.05) is 11.1 Å². The van der Waals surface area contributed by atoms with E-state index in [-0.39, 0.29) is 5.91 Å². The van der Waals surface area contributed by atoms with E-state index in [1.54, 1.807) is 12.0 Å². The van der Waals surface area contributed by atoms with Gasteiger partial charge in [0.2, 0.25) is 0 Å². The Labute approximate surface area is 194 Å². The van der Waals surface area contributed by atoms with E-state index in [1.165, 1.54) is 10.5 Å². The minimum atomic E-state index is -0.0152. The monoisotopic (exact) mass is 442 g/mol. The number of carbonyl (C=O) groups is 1. The van der Waals surface area contributed by atoms with Gasteiger partial charge in [-0.2, -0.15) is 0 Å². The van der Waals surface area contributed by atoms with Crippen LogP contribution in [0.4, 0.5) is 11.4 Å². The molecule has 0 saturated carbocycles. The molecule has 3 aromatic rings. The van der Waals surface area contributed by atoms with E-state index in [2.05, 4.69) is 30.3 Å². The summed E-state index contributed by atoms with van der Waals surface area (Å²) in [5.74, 6) is 0.759. The first kappa shape index (κ1) is 21.4. The van der Waals surface area contributed by atoms with Crippen LogP contribution < -0.4 is 19.4 Å². The Morgan fingerprint density at radius 1 is 0.848 bits per heavy atom. The summed E-state index contributed by atoms with van der Waals surface area (Å²) in [4.78, 5) is 23.1. The SMILES string of the molecule is COc1ccc(N=C2C(=O)N(C[NH+]3CC[NH+](Cc4ccccc4)CC3)c3ccccc32)cc1. The summed E-state index contributed by atoms with van der Waals surface area (Å²) in [7, 11) is 1.64. The molecule has 0 spiro atoms. The van der Waals surface area contributed by atoms with E-state index in [4.69, 9.17) is 9.73 Å². The van der Waals surface area contributed by atoms with Gasteiger partial charge in [0.15, 0.2) is 6.67 Å². The third kappa shape index (κ3) is 4.67.